The smallest absolute Gasteiger partial charge is 0.193 e. The summed E-state index contributed by atoms with van der Waals surface area (Å²) in [5, 5.41) is 4.90. The quantitative estimate of drug-likeness (QED) is 0.566. The Morgan fingerprint density at radius 1 is 1.21 bits per heavy atom. The molecule has 1 aromatic heterocycles. The number of benzene rings is 1. The molecule has 0 radical (unpaired) electrons. The fraction of sp³-hybridized carbons (Fsp3) is 0.625. The molecule has 2 heterocycles. The van der Waals surface area contributed by atoms with Crippen LogP contribution in [0.15, 0.2) is 29.4 Å². The van der Waals surface area contributed by atoms with E-state index in [0.29, 0.717) is 6.10 Å². The highest BCUT2D eigenvalue weighted by Gasteiger charge is 2.23. The van der Waals surface area contributed by atoms with E-state index in [1.165, 1.54) is 47.7 Å². The lowest BCUT2D eigenvalue weighted by Gasteiger charge is -2.34. The average Bonchev–Trinajstić information content (AvgIpc) is 3.41. The van der Waals surface area contributed by atoms with Crippen LogP contribution in [-0.2, 0) is 11.2 Å². The molecule has 2 fully saturated rings. The molecule has 2 N–H and O–H groups in total. The number of hydrogen-bond donors (Lipinski definition) is 2. The molecule has 0 unspecified atom stereocenters. The first-order valence-electron chi connectivity index (χ1n) is 11.4. The molecule has 1 aromatic carbocycles. The average molecular weight is 397 g/mol. The molecule has 4 rings (SSSR count). The fourth-order valence-electron chi connectivity index (χ4n) is 4.90. The van der Waals surface area contributed by atoms with Gasteiger partial charge in [0, 0.05) is 50.4 Å². The summed E-state index contributed by atoms with van der Waals surface area (Å²) in [5.41, 5.74) is 3.92. The molecular weight excluding hydrogens is 360 g/mol. The molecule has 1 saturated heterocycles. The van der Waals surface area contributed by atoms with Crippen LogP contribution in [0.3, 0.4) is 0 Å². The summed E-state index contributed by atoms with van der Waals surface area (Å²) in [6.07, 6.45) is 11.3. The second-order valence-corrected chi connectivity index (χ2v) is 8.71. The Balaban J connectivity index is 1.22. The molecule has 0 spiro atoms. The maximum Gasteiger partial charge on any atom is 0.193 e. The first-order chi connectivity index (χ1) is 14.2. The summed E-state index contributed by atoms with van der Waals surface area (Å²) < 4.78 is 6.22. The Hall–Kier alpha value is -2.01. The fourth-order valence-corrected chi connectivity index (χ4v) is 4.90. The lowest BCUT2D eigenvalue weighted by Crippen LogP contribution is -2.47. The van der Waals surface area contributed by atoms with Crippen LogP contribution in [0.25, 0.3) is 10.9 Å². The van der Waals surface area contributed by atoms with Crippen LogP contribution in [0, 0.1) is 12.8 Å². The normalized spacial score (nSPS) is 19.4. The van der Waals surface area contributed by atoms with Gasteiger partial charge in [-0.25, -0.2) is 0 Å². The topological polar surface area (TPSA) is 52.7 Å². The molecule has 1 aliphatic carbocycles. The van der Waals surface area contributed by atoms with E-state index in [1.807, 2.05) is 7.05 Å². The maximum atomic E-state index is 6.22. The van der Waals surface area contributed by atoms with E-state index in [1.54, 1.807) is 0 Å². The third-order valence-corrected chi connectivity index (χ3v) is 6.68. The summed E-state index contributed by atoms with van der Waals surface area (Å²) in [6, 6.07) is 6.50. The lowest BCUT2D eigenvalue weighted by molar-refractivity contribution is 0.00103. The van der Waals surface area contributed by atoms with Crippen molar-refractivity contribution in [3.05, 3.63) is 35.5 Å². The van der Waals surface area contributed by atoms with Gasteiger partial charge in [0.15, 0.2) is 5.96 Å². The first kappa shape index (κ1) is 20.3. The first-order valence-corrected chi connectivity index (χ1v) is 11.4. The van der Waals surface area contributed by atoms with Gasteiger partial charge in [-0.1, -0.05) is 31.0 Å². The number of guanidine groups is 1. The molecule has 0 atom stereocenters. The summed E-state index contributed by atoms with van der Waals surface area (Å²) in [6.45, 7) is 6.08. The van der Waals surface area contributed by atoms with Gasteiger partial charge in [0.1, 0.15) is 0 Å². The number of aryl methyl sites for hydroxylation is 1. The maximum absolute atomic E-state index is 6.22. The number of hydrogen-bond acceptors (Lipinski definition) is 2. The predicted molar refractivity (Wildman–Crippen MR) is 121 cm³/mol. The minimum absolute atomic E-state index is 0.430. The molecule has 2 aromatic rings. The van der Waals surface area contributed by atoms with Gasteiger partial charge >= 0.3 is 0 Å². The number of H-pyrrole nitrogens is 1. The number of para-hydroxylation sites is 1. The molecule has 5 nitrogen and oxygen atoms in total. The Morgan fingerprint density at radius 2 is 2.00 bits per heavy atom. The van der Waals surface area contributed by atoms with Crippen LogP contribution in [0.1, 0.15) is 49.7 Å². The van der Waals surface area contributed by atoms with Crippen molar-refractivity contribution in [2.75, 3.05) is 33.3 Å². The lowest BCUT2D eigenvalue weighted by atomic mass is 10.1. The number of fused-ring (bicyclic) bond motifs is 1. The number of aromatic nitrogens is 1. The second kappa shape index (κ2) is 9.66. The van der Waals surface area contributed by atoms with E-state index in [4.69, 9.17) is 4.74 Å². The minimum Gasteiger partial charge on any atom is -0.378 e. The summed E-state index contributed by atoms with van der Waals surface area (Å²) in [7, 11) is 1.89. The monoisotopic (exact) mass is 396 g/mol. The summed E-state index contributed by atoms with van der Waals surface area (Å²) in [5.74, 6) is 1.84. The van der Waals surface area contributed by atoms with Gasteiger partial charge in [-0.05, 0) is 56.1 Å². The highest BCUT2D eigenvalue weighted by atomic mass is 16.5. The Morgan fingerprint density at radius 3 is 2.76 bits per heavy atom. The second-order valence-electron chi connectivity index (χ2n) is 8.71. The number of likely N-dealkylation sites (tertiary alicyclic amines) is 1. The SMILES string of the molecule is CN=C(NCCc1c[nH]c2c(C)cccc12)N1CCC(OCC2CCCC2)CC1. The molecule has 0 bridgehead atoms. The van der Waals surface area contributed by atoms with Gasteiger partial charge in [0.05, 0.1) is 6.10 Å². The van der Waals surface area contributed by atoms with Gasteiger partial charge in [-0.3, -0.25) is 4.99 Å². The van der Waals surface area contributed by atoms with E-state index < -0.39 is 0 Å². The summed E-state index contributed by atoms with van der Waals surface area (Å²) in [4.78, 5) is 10.3. The third-order valence-electron chi connectivity index (χ3n) is 6.68. The molecule has 158 valence electrons. The number of nitrogens with one attached hydrogen (secondary N) is 2. The molecule has 5 heteroatoms. The van der Waals surface area contributed by atoms with Crippen molar-refractivity contribution in [2.24, 2.45) is 10.9 Å². The Labute approximate surface area is 174 Å². The number of nitrogens with zero attached hydrogens (tertiary/aromatic N) is 2. The van der Waals surface area contributed by atoms with E-state index in [9.17, 15) is 0 Å². The van der Waals surface area contributed by atoms with E-state index in [0.717, 1.165) is 57.4 Å². The molecule has 1 saturated carbocycles. The Kier molecular flexibility index (Phi) is 6.75. The largest absolute Gasteiger partial charge is 0.378 e. The van der Waals surface area contributed by atoms with Crippen molar-refractivity contribution >= 4 is 16.9 Å². The zero-order chi connectivity index (χ0) is 20.1. The van der Waals surface area contributed by atoms with E-state index in [-0.39, 0.29) is 0 Å². The van der Waals surface area contributed by atoms with Gasteiger partial charge in [0.2, 0.25) is 0 Å². The highest BCUT2D eigenvalue weighted by Crippen LogP contribution is 2.26. The van der Waals surface area contributed by atoms with Crippen LogP contribution < -0.4 is 5.32 Å². The molecule has 1 aliphatic heterocycles. The van der Waals surface area contributed by atoms with Crippen molar-refractivity contribution in [1.29, 1.82) is 0 Å². The van der Waals surface area contributed by atoms with Gasteiger partial charge in [0.25, 0.3) is 0 Å². The highest BCUT2D eigenvalue weighted by molar-refractivity contribution is 5.86. The van der Waals surface area contributed by atoms with Crippen LogP contribution >= 0.6 is 0 Å². The zero-order valence-electron chi connectivity index (χ0n) is 18.0. The van der Waals surface area contributed by atoms with E-state index >= 15 is 0 Å². The van der Waals surface area contributed by atoms with Crippen LogP contribution in [0.5, 0.6) is 0 Å². The van der Waals surface area contributed by atoms with Crippen LogP contribution in [-0.4, -0.2) is 55.2 Å². The van der Waals surface area contributed by atoms with Crippen molar-refractivity contribution in [2.45, 2.75) is 58.0 Å². The van der Waals surface area contributed by atoms with Crippen molar-refractivity contribution in [3.8, 4) is 0 Å². The predicted octanol–water partition coefficient (Wildman–Crippen LogP) is 4.27. The molecule has 2 aliphatic rings. The van der Waals surface area contributed by atoms with E-state index in [2.05, 4.69) is 51.5 Å². The molecule has 29 heavy (non-hydrogen) atoms. The molecular formula is C24H36N4O. The van der Waals surface area contributed by atoms with Crippen molar-refractivity contribution in [3.63, 3.8) is 0 Å². The van der Waals surface area contributed by atoms with Crippen molar-refractivity contribution < 1.29 is 4.74 Å². The number of rotatable bonds is 6. The standard InChI is InChI=1S/C24H36N4O/c1-18-6-5-9-22-20(16-27-23(18)22)10-13-26-24(25-2)28-14-11-21(12-15-28)29-17-19-7-3-4-8-19/h5-6,9,16,19,21,27H,3-4,7-8,10-15,17H2,1-2H3,(H,25,26). The van der Waals surface area contributed by atoms with Gasteiger partial charge in [-0.15, -0.1) is 0 Å². The number of piperidine rings is 1. The number of aliphatic imine (C=N–C) groups is 1. The molecule has 0 amide bonds. The van der Waals surface area contributed by atoms with Crippen molar-refractivity contribution in [1.82, 2.24) is 15.2 Å². The number of aromatic amines is 1. The van der Waals surface area contributed by atoms with Crippen LogP contribution in [0.2, 0.25) is 0 Å². The van der Waals surface area contributed by atoms with Gasteiger partial charge in [-0.2, -0.15) is 0 Å². The third kappa shape index (κ3) is 4.95. The minimum atomic E-state index is 0.430. The van der Waals surface area contributed by atoms with Crippen LogP contribution in [0.4, 0.5) is 0 Å². The summed E-state index contributed by atoms with van der Waals surface area (Å²) >= 11 is 0. The number of ether oxygens (including phenoxy) is 1. The Bertz CT molecular complexity index is 813. The van der Waals surface area contributed by atoms with Gasteiger partial charge < -0.3 is 19.9 Å². The zero-order valence-corrected chi connectivity index (χ0v) is 18.0.